The van der Waals surface area contributed by atoms with E-state index in [1.807, 2.05) is 6.07 Å². The fourth-order valence-electron chi connectivity index (χ4n) is 2.96. The molecule has 1 aromatic heterocycles. The number of rotatable bonds is 5. The number of imidazole rings is 1. The highest BCUT2D eigenvalue weighted by Gasteiger charge is 2.28. The predicted octanol–water partition coefficient (Wildman–Crippen LogP) is 2.70. The zero-order valence-corrected chi connectivity index (χ0v) is 13.6. The van der Waals surface area contributed by atoms with Crippen LogP contribution in [0, 0.1) is 5.92 Å². The molecule has 1 aliphatic heterocycles. The number of nitrogens with one attached hydrogen (secondary N) is 3. The van der Waals surface area contributed by atoms with Crippen LogP contribution in [0.25, 0.3) is 11.0 Å². The summed E-state index contributed by atoms with van der Waals surface area (Å²) in [5.74, 6) is 0.468. The quantitative estimate of drug-likeness (QED) is 0.773. The van der Waals surface area contributed by atoms with Gasteiger partial charge >= 0.3 is 5.69 Å². The summed E-state index contributed by atoms with van der Waals surface area (Å²) in [4.78, 5) is 17.1. The van der Waals surface area contributed by atoms with Crippen LogP contribution in [-0.2, 0) is 4.74 Å². The van der Waals surface area contributed by atoms with Gasteiger partial charge in [0.15, 0.2) is 0 Å². The Labute approximate surface area is 131 Å². The summed E-state index contributed by atoms with van der Waals surface area (Å²) in [6.45, 7) is 4.75. The summed E-state index contributed by atoms with van der Waals surface area (Å²) >= 11 is 3.65. The third-order valence-corrected chi connectivity index (χ3v) is 4.71. The molecule has 114 valence electrons. The molecule has 2 unspecified atom stereocenters. The van der Waals surface area contributed by atoms with Crippen molar-refractivity contribution in [1.29, 1.82) is 0 Å². The highest BCUT2D eigenvalue weighted by atomic mass is 79.9. The Kier molecular flexibility index (Phi) is 4.47. The third kappa shape index (κ3) is 3.07. The highest BCUT2D eigenvalue weighted by Crippen LogP contribution is 2.34. The van der Waals surface area contributed by atoms with Crippen molar-refractivity contribution >= 4 is 27.0 Å². The van der Waals surface area contributed by atoms with Crippen LogP contribution in [0.4, 0.5) is 0 Å². The van der Waals surface area contributed by atoms with Gasteiger partial charge in [-0.3, -0.25) is 0 Å². The van der Waals surface area contributed by atoms with Gasteiger partial charge in [0.05, 0.1) is 17.6 Å². The Balaban J connectivity index is 2.00. The van der Waals surface area contributed by atoms with Crippen molar-refractivity contribution in [1.82, 2.24) is 15.3 Å². The predicted molar refractivity (Wildman–Crippen MR) is 86.6 cm³/mol. The first-order valence-corrected chi connectivity index (χ1v) is 8.21. The average Bonchev–Trinajstić information content (AvgIpc) is 3.08. The summed E-state index contributed by atoms with van der Waals surface area (Å²) < 4.78 is 6.57. The number of ether oxygens (including phenoxy) is 1. The summed E-state index contributed by atoms with van der Waals surface area (Å²) in [5, 5.41) is 3.63. The van der Waals surface area contributed by atoms with Crippen molar-refractivity contribution < 1.29 is 4.74 Å². The topological polar surface area (TPSA) is 69.9 Å². The molecule has 1 aliphatic rings. The van der Waals surface area contributed by atoms with Crippen molar-refractivity contribution in [3.8, 4) is 0 Å². The lowest BCUT2D eigenvalue weighted by Crippen LogP contribution is -2.29. The number of benzene rings is 1. The molecule has 0 aliphatic carbocycles. The molecule has 6 heteroatoms. The summed E-state index contributed by atoms with van der Waals surface area (Å²) in [5.41, 5.74) is 2.69. The molecule has 1 saturated heterocycles. The Bertz CT molecular complexity index is 673. The van der Waals surface area contributed by atoms with Crippen LogP contribution >= 0.6 is 15.9 Å². The van der Waals surface area contributed by atoms with Gasteiger partial charge in [0, 0.05) is 23.0 Å². The first-order valence-electron chi connectivity index (χ1n) is 7.41. The zero-order chi connectivity index (χ0) is 14.8. The van der Waals surface area contributed by atoms with Crippen LogP contribution in [0.3, 0.4) is 0 Å². The van der Waals surface area contributed by atoms with Crippen LogP contribution in [0.2, 0.25) is 0 Å². The van der Waals surface area contributed by atoms with Gasteiger partial charge in [0.1, 0.15) is 0 Å². The Hall–Kier alpha value is -1.11. The van der Waals surface area contributed by atoms with Gasteiger partial charge in [0.2, 0.25) is 0 Å². The van der Waals surface area contributed by atoms with Crippen molar-refractivity contribution in [2.75, 3.05) is 19.8 Å². The number of hydrogen-bond donors (Lipinski definition) is 3. The second kappa shape index (κ2) is 6.34. The molecule has 0 bridgehead atoms. The van der Waals surface area contributed by atoms with E-state index in [1.54, 1.807) is 0 Å². The Morgan fingerprint density at radius 3 is 2.86 bits per heavy atom. The van der Waals surface area contributed by atoms with Gasteiger partial charge in [-0.25, -0.2) is 4.79 Å². The maximum atomic E-state index is 11.4. The molecule has 2 heterocycles. The van der Waals surface area contributed by atoms with Crippen LogP contribution in [0.5, 0.6) is 0 Å². The minimum atomic E-state index is -0.170. The summed E-state index contributed by atoms with van der Waals surface area (Å²) in [7, 11) is 0. The molecule has 3 N–H and O–H groups in total. The molecule has 1 fully saturated rings. The first-order chi connectivity index (χ1) is 10.2. The van der Waals surface area contributed by atoms with Crippen LogP contribution in [0.15, 0.2) is 21.4 Å². The SMILES string of the molecule is CCCNC(c1cc2[nH]c(=O)[nH]c2cc1Br)C1CCOC1. The normalized spacial score (nSPS) is 20.2. The lowest BCUT2D eigenvalue weighted by atomic mass is 9.92. The number of hydrogen-bond acceptors (Lipinski definition) is 3. The molecule has 0 saturated carbocycles. The van der Waals surface area contributed by atoms with E-state index in [0.29, 0.717) is 5.92 Å². The fraction of sp³-hybridized carbons (Fsp3) is 0.533. The number of halogens is 1. The zero-order valence-electron chi connectivity index (χ0n) is 12.0. The number of H-pyrrole nitrogens is 2. The molecule has 2 atom stereocenters. The van der Waals surface area contributed by atoms with Crippen LogP contribution in [-0.4, -0.2) is 29.7 Å². The van der Waals surface area contributed by atoms with Gasteiger partial charge in [-0.1, -0.05) is 22.9 Å². The van der Waals surface area contributed by atoms with Crippen LogP contribution in [0.1, 0.15) is 31.4 Å². The largest absolute Gasteiger partial charge is 0.381 e. The molecule has 0 radical (unpaired) electrons. The Morgan fingerprint density at radius 2 is 2.19 bits per heavy atom. The Morgan fingerprint density at radius 1 is 1.43 bits per heavy atom. The molecule has 0 amide bonds. The van der Waals surface area contributed by atoms with E-state index in [4.69, 9.17) is 4.74 Å². The maximum Gasteiger partial charge on any atom is 0.323 e. The van der Waals surface area contributed by atoms with Crippen LogP contribution < -0.4 is 11.0 Å². The number of fused-ring (bicyclic) bond motifs is 1. The van der Waals surface area contributed by atoms with E-state index < -0.39 is 0 Å². The first kappa shape index (κ1) is 14.8. The molecule has 1 aromatic carbocycles. The van der Waals surface area contributed by atoms with Crippen molar-refractivity contribution in [2.45, 2.75) is 25.8 Å². The maximum absolute atomic E-state index is 11.4. The fourth-order valence-corrected chi connectivity index (χ4v) is 3.55. The lowest BCUT2D eigenvalue weighted by Gasteiger charge is -2.25. The van der Waals surface area contributed by atoms with Crippen molar-refractivity contribution in [3.63, 3.8) is 0 Å². The lowest BCUT2D eigenvalue weighted by molar-refractivity contribution is 0.176. The minimum absolute atomic E-state index is 0.170. The second-order valence-electron chi connectivity index (χ2n) is 5.55. The summed E-state index contributed by atoms with van der Waals surface area (Å²) in [6, 6.07) is 4.27. The number of aromatic amines is 2. The summed E-state index contributed by atoms with van der Waals surface area (Å²) in [6.07, 6.45) is 2.15. The van der Waals surface area contributed by atoms with Crippen molar-refractivity contribution in [2.24, 2.45) is 5.92 Å². The van der Waals surface area contributed by atoms with E-state index in [9.17, 15) is 4.79 Å². The van der Waals surface area contributed by atoms with Gasteiger partial charge in [-0.05, 0) is 37.1 Å². The van der Waals surface area contributed by atoms with Gasteiger partial charge in [0.25, 0.3) is 0 Å². The molecule has 2 aromatic rings. The van der Waals surface area contributed by atoms with Gasteiger partial charge in [-0.2, -0.15) is 0 Å². The average molecular weight is 354 g/mol. The van der Waals surface area contributed by atoms with Gasteiger partial charge in [-0.15, -0.1) is 0 Å². The number of aromatic nitrogens is 2. The third-order valence-electron chi connectivity index (χ3n) is 4.02. The van der Waals surface area contributed by atoms with Gasteiger partial charge < -0.3 is 20.0 Å². The molecule has 5 nitrogen and oxygen atoms in total. The molecule has 21 heavy (non-hydrogen) atoms. The van der Waals surface area contributed by atoms with E-state index in [2.05, 4.69) is 44.2 Å². The molecule has 3 rings (SSSR count). The minimum Gasteiger partial charge on any atom is -0.381 e. The van der Waals surface area contributed by atoms with E-state index in [0.717, 1.165) is 48.1 Å². The van der Waals surface area contributed by atoms with E-state index >= 15 is 0 Å². The second-order valence-corrected chi connectivity index (χ2v) is 6.41. The van der Waals surface area contributed by atoms with E-state index in [-0.39, 0.29) is 11.7 Å². The highest BCUT2D eigenvalue weighted by molar-refractivity contribution is 9.10. The molecular formula is C15H20BrN3O2. The van der Waals surface area contributed by atoms with Crippen molar-refractivity contribution in [3.05, 3.63) is 32.7 Å². The van der Waals surface area contributed by atoms with E-state index in [1.165, 1.54) is 5.56 Å². The molecular weight excluding hydrogens is 334 g/mol. The molecule has 0 spiro atoms. The standard InChI is InChI=1S/C15H20BrN3O2/c1-2-4-17-14(9-3-5-21-8-9)10-6-12-13(7-11(10)16)19-15(20)18-12/h6-7,9,14,17H,2-5,8H2,1H3,(H2,18,19,20). The monoisotopic (exact) mass is 353 g/mol. The smallest absolute Gasteiger partial charge is 0.323 e.